The van der Waals surface area contributed by atoms with Gasteiger partial charge in [0.2, 0.25) is 0 Å². The monoisotopic (exact) mass is 329 g/mol. The van der Waals surface area contributed by atoms with Gasteiger partial charge in [0.25, 0.3) is 0 Å². The number of para-hydroxylation sites is 1. The van der Waals surface area contributed by atoms with E-state index in [1.807, 2.05) is 54.7 Å². The Morgan fingerprint density at radius 2 is 1.80 bits per heavy atom. The topological polar surface area (TPSA) is 38.7 Å². The zero-order chi connectivity index (χ0) is 17.2. The predicted octanol–water partition coefficient (Wildman–Crippen LogP) is 4.73. The summed E-state index contributed by atoms with van der Waals surface area (Å²) in [6.07, 6.45) is 2.46. The molecule has 2 heterocycles. The molecular weight excluding hydrogens is 313 g/mol. The lowest BCUT2D eigenvalue weighted by molar-refractivity contribution is 0.617. The van der Waals surface area contributed by atoms with Gasteiger partial charge in [0.05, 0.1) is 5.52 Å². The van der Waals surface area contributed by atoms with Crippen LogP contribution < -0.4 is 0 Å². The van der Waals surface area contributed by atoms with Gasteiger partial charge in [-0.1, -0.05) is 36.4 Å². The maximum atomic E-state index is 13.4. The van der Waals surface area contributed by atoms with Crippen LogP contribution in [0.5, 0.6) is 0 Å². The van der Waals surface area contributed by atoms with E-state index in [9.17, 15) is 4.39 Å². The normalized spacial score (nSPS) is 11.0. The lowest BCUT2D eigenvalue weighted by Gasteiger charge is -2.06. The molecular formula is C21H16FN3. The zero-order valence-corrected chi connectivity index (χ0v) is 13.8. The van der Waals surface area contributed by atoms with E-state index in [2.05, 4.69) is 15.0 Å². The molecule has 0 saturated carbocycles. The third-order valence-electron chi connectivity index (χ3n) is 4.13. The number of aryl methyl sites for hydroxylation is 1. The van der Waals surface area contributed by atoms with Gasteiger partial charge in [-0.05, 0) is 42.3 Å². The molecule has 0 aliphatic carbocycles. The first-order valence-corrected chi connectivity index (χ1v) is 8.12. The average Bonchev–Trinajstić information content (AvgIpc) is 2.65. The highest BCUT2D eigenvalue weighted by molar-refractivity contribution is 5.79. The second kappa shape index (κ2) is 6.40. The molecule has 2 aromatic carbocycles. The summed E-state index contributed by atoms with van der Waals surface area (Å²) in [6.45, 7) is 1.77. The van der Waals surface area contributed by atoms with Crippen LogP contribution in [-0.4, -0.2) is 15.0 Å². The van der Waals surface area contributed by atoms with Crippen LogP contribution in [0.4, 0.5) is 4.39 Å². The molecule has 0 amide bonds. The maximum absolute atomic E-state index is 13.4. The van der Waals surface area contributed by atoms with E-state index in [0.29, 0.717) is 17.8 Å². The summed E-state index contributed by atoms with van der Waals surface area (Å²) >= 11 is 0. The molecule has 122 valence electrons. The van der Waals surface area contributed by atoms with Crippen LogP contribution >= 0.6 is 0 Å². The van der Waals surface area contributed by atoms with Crippen LogP contribution in [0.2, 0.25) is 0 Å². The minimum atomic E-state index is -0.185. The van der Waals surface area contributed by atoms with Crippen LogP contribution in [0.25, 0.3) is 22.4 Å². The summed E-state index contributed by atoms with van der Waals surface area (Å²) < 4.78 is 13.4. The second-order valence-electron chi connectivity index (χ2n) is 6.03. The molecule has 4 aromatic rings. The van der Waals surface area contributed by atoms with Crippen molar-refractivity contribution in [1.82, 2.24) is 15.0 Å². The number of fused-ring (bicyclic) bond motifs is 1. The van der Waals surface area contributed by atoms with Crippen LogP contribution in [0.15, 0.2) is 66.9 Å². The van der Waals surface area contributed by atoms with Crippen molar-refractivity contribution in [3.8, 4) is 11.5 Å². The van der Waals surface area contributed by atoms with E-state index in [0.717, 1.165) is 27.9 Å². The van der Waals surface area contributed by atoms with E-state index in [4.69, 9.17) is 0 Å². The Morgan fingerprint density at radius 1 is 0.920 bits per heavy atom. The fraction of sp³-hybridized carbons (Fsp3) is 0.0952. The first-order valence-electron chi connectivity index (χ1n) is 8.12. The Morgan fingerprint density at radius 3 is 2.68 bits per heavy atom. The number of hydrogen-bond acceptors (Lipinski definition) is 3. The van der Waals surface area contributed by atoms with Crippen molar-refractivity contribution in [2.75, 3.05) is 0 Å². The van der Waals surface area contributed by atoms with Crippen LogP contribution in [0.3, 0.4) is 0 Å². The summed E-state index contributed by atoms with van der Waals surface area (Å²) in [5, 5.41) is 1.00. The van der Waals surface area contributed by atoms with Crippen molar-refractivity contribution in [3.63, 3.8) is 0 Å². The van der Waals surface area contributed by atoms with Crippen molar-refractivity contribution in [3.05, 3.63) is 89.5 Å². The van der Waals surface area contributed by atoms with Gasteiger partial charge in [0.1, 0.15) is 11.5 Å². The molecule has 4 rings (SSSR count). The van der Waals surface area contributed by atoms with Crippen LogP contribution in [0.1, 0.15) is 16.8 Å². The molecule has 0 saturated heterocycles. The number of halogens is 1. The molecule has 0 radical (unpaired) electrons. The van der Waals surface area contributed by atoms with E-state index in [-0.39, 0.29) is 5.82 Å². The number of rotatable bonds is 3. The number of hydrogen-bond donors (Lipinski definition) is 0. The second-order valence-corrected chi connectivity index (χ2v) is 6.03. The summed E-state index contributed by atoms with van der Waals surface area (Å²) in [4.78, 5) is 13.7. The van der Waals surface area contributed by atoms with Gasteiger partial charge >= 0.3 is 0 Å². The van der Waals surface area contributed by atoms with E-state index >= 15 is 0 Å². The average molecular weight is 329 g/mol. The van der Waals surface area contributed by atoms with Crippen molar-refractivity contribution in [2.24, 2.45) is 0 Å². The zero-order valence-electron chi connectivity index (χ0n) is 13.8. The van der Waals surface area contributed by atoms with Gasteiger partial charge in [0.15, 0.2) is 5.82 Å². The smallest absolute Gasteiger partial charge is 0.178 e. The largest absolute Gasteiger partial charge is 0.249 e. The highest BCUT2D eigenvalue weighted by atomic mass is 19.1. The molecule has 0 unspecified atom stereocenters. The third-order valence-corrected chi connectivity index (χ3v) is 4.13. The summed E-state index contributed by atoms with van der Waals surface area (Å²) in [5.41, 5.74) is 4.21. The molecule has 0 spiro atoms. The Labute approximate surface area is 145 Å². The lowest BCUT2D eigenvalue weighted by atomic mass is 10.1. The Kier molecular flexibility index (Phi) is 3.94. The van der Waals surface area contributed by atoms with Gasteiger partial charge < -0.3 is 0 Å². The highest BCUT2D eigenvalue weighted by Gasteiger charge is 2.07. The van der Waals surface area contributed by atoms with E-state index in [1.54, 1.807) is 13.0 Å². The van der Waals surface area contributed by atoms with Gasteiger partial charge in [0, 0.05) is 23.7 Å². The maximum Gasteiger partial charge on any atom is 0.178 e. The van der Waals surface area contributed by atoms with E-state index < -0.39 is 0 Å². The summed E-state index contributed by atoms with van der Waals surface area (Å²) in [7, 11) is 0. The van der Waals surface area contributed by atoms with Gasteiger partial charge in [-0.2, -0.15) is 0 Å². The molecule has 0 atom stereocenters. The molecule has 0 N–H and O–H groups in total. The Balaban J connectivity index is 1.67. The van der Waals surface area contributed by atoms with Gasteiger partial charge in [-0.25, -0.2) is 19.3 Å². The minimum absolute atomic E-state index is 0.185. The van der Waals surface area contributed by atoms with E-state index in [1.165, 1.54) is 6.07 Å². The number of nitrogens with zero attached hydrogens (tertiary/aromatic N) is 3. The van der Waals surface area contributed by atoms with Gasteiger partial charge in [-0.15, -0.1) is 0 Å². The molecule has 0 aliphatic heterocycles. The van der Waals surface area contributed by atoms with Crippen molar-refractivity contribution >= 4 is 10.9 Å². The Hall–Kier alpha value is -3.14. The fourth-order valence-electron chi connectivity index (χ4n) is 2.82. The first kappa shape index (κ1) is 15.4. The van der Waals surface area contributed by atoms with Crippen LogP contribution in [-0.2, 0) is 6.42 Å². The van der Waals surface area contributed by atoms with Crippen LogP contribution in [0, 0.1) is 12.7 Å². The number of benzene rings is 2. The quantitative estimate of drug-likeness (QED) is 0.545. The number of aromatic nitrogens is 3. The molecule has 3 nitrogen and oxygen atoms in total. The molecule has 4 heteroatoms. The molecule has 25 heavy (non-hydrogen) atoms. The molecule has 0 aliphatic rings. The summed E-state index contributed by atoms with van der Waals surface area (Å²) in [5.74, 6) is 0.422. The first-order chi connectivity index (χ1) is 12.2. The lowest BCUT2D eigenvalue weighted by Crippen LogP contribution is -1.97. The minimum Gasteiger partial charge on any atom is -0.249 e. The molecule has 2 aromatic heterocycles. The summed E-state index contributed by atoms with van der Waals surface area (Å²) in [6, 6.07) is 18.8. The SMILES string of the molecule is Cc1cc(Cc2cccc(-c3ncc4ccccc4n3)n2)ccc1F. The highest BCUT2D eigenvalue weighted by Crippen LogP contribution is 2.18. The number of pyridine rings is 1. The fourth-order valence-corrected chi connectivity index (χ4v) is 2.82. The molecule has 0 fully saturated rings. The Bertz CT molecular complexity index is 1060. The third kappa shape index (κ3) is 3.24. The molecule has 0 bridgehead atoms. The standard InChI is InChI=1S/C21H16FN3/c1-14-11-15(9-10-18(14)22)12-17-6-4-8-20(24-17)21-23-13-16-5-2-3-7-19(16)25-21/h2-11,13H,12H2,1H3. The van der Waals surface area contributed by atoms with Gasteiger partial charge in [-0.3, -0.25) is 0 Å². The van der Waals surface area contributed by atoms with Crippen molar-refractivity contribution in [1.29, 1.82) is 0 Å². The van der Waals surface area contributed by atoms with Crippen molar-refractivity contribution in [2.45, 2.75) is 13.3 Å². The predicted molar refractivity (Wildman–Crippen MR) is 96.7 cm³/mol. The van der Waals surface area contributed by atoms with Crippen molar-refractivity contribution < 1.29 is 4.39 Å².